The Morgan fingerprint density at radius 2 is 0.892 bits per heavy atom. The molecule has 2 aliphatic rings. The third-order valence-corrected chi connectivity index (χ3v) is 15.6. The van der Waals surface area contributed by atoms with Crippen molar-refractivity contribution in [2.75, 3.05) is 21.3 Å². The molecule has 0 radical (unpaired) electrons. The Morgan fingerprint density at radius 1 is 0.542 bits per heavy atom. The zero-order valence-electron chi connectivity index (χ0n) is 47.4. The molecule has 0 unspecified atom stereocenters. The van der Waals surface area contributed by atoms with Gasteiger partial charge in [0, 0.05) is 71.3 Å². The van der Waals surface area contributed by atoms with Gasteiger partial charge in [-0.05, 0) is 154 Å². The number of carbonyl (C=O) groups excluding carboxylic acids is 1. The van der Waals surface area contributed by atoms with E-state index in [9.17, 15) is 4.79 Å². The molecule has 2 aliphatic carbocycles. The van der Waals surface area contributed by atoms with Gasteiger partial charge in [-0.3, -0.25) is 4.79 Å². The van der Waals surface area contributed by atoms with Gasteiger partial charge in [-0.1, -0.05) is 120 Å². The molecular weight excluding hydrogens is 1110 g/mol. The zero-order chi connectivity index (χ0) is 58.6. The van der Waals surface area contributed by atoms with E-state index in [1.165, 1.54) is 0 Å². The number of rotatable bonds is 16. The maximum absolute atomic E-state index is 11.4. The molecule has 21 heteroatoms. The largest absolute Gasteiger partial charge is 0.488 e. The number of benzene rings is 5. The van der Waals surface area contributed by atoms with Gasteiger partial charge in [0.25, 0.3) is 0 Å². The van der Waals surface area contributed by atoms with E-state index in [2.05, 4.69) is 122 Å². The van der Waals surface area contributed by atoms with Gasteiger partial charge in [0.15, 0.2) is 34.0 Å². The number of aromatic nitrogens is 8. The Kier molecular flexibility index (Phi) is 20.6. The first-order valence-electron chi connectivity index (χ1n) is 28.4. The Morgan fingerprint density at radius 3 is 1.25 bits per heavy atom. The van der Waals surface area contributed by atoms with Crippen LogP contribution in [-0.2, 0) is 17.9 Å². The van der Waals surface area contributed by atoms with E-state index in [0.717, 1.165) is 123 Å². The van der Waals surface area contributed by atoms with E-state index in [0.29, 0.717) is 53.4 Å². The molecule has 4 heterocycles. The summed E-state index contributed by atoms with van der Waals surface area (Å²) in [6.45, 7) is 11.3. The number of carbonyl (C=O) groups is 1. The molecule has 5 aromatic carbocycles. The lowest BCUT2D eigenvalue weighted by molar-refractivity contribution is -0.119. The van der Waals surface area contributed by atoms with Crippen molar-refractivity contribution < 1.29 is 14.8 Å². The number of halogens is 3. The van der Waals surface area contributed by atoms with Crippen LogP contribution in [0.5, 0.6) is 0 Å². The maximum atomic E-state index is 11.4. The van der Waals surface area contributed by atoms with Gasteiger partial charge >= 0.3 is 7.12 Å². The van der Waals surface area contributed by atoms with Crippen LogP contribution in [0.15, 0.2) is 134 Å². The summed E-state index contributed by atoms with van der Waals surface area (Å²) < 4.78 is 4.16. The number of fused-ring (bicyclic) bond motifs is 2. The summed E-state index contributed by atoms with van der Waals surface area (Å²) in [6.07, 6.45) is 11.6. The summed E-state index contributed by atoms with van der Waals surface area (Å²) in [5.41, 5.74) is 16.6. The summed E-state index contributed by atoms with van der Waals surface area (Å²) in [6, 6.07) is 40.7. The molecule has 0 aliphatic heterocycles. The van der Waals surface area contributed by atoms with E-state index >= 15 is 0 Å². The minimum Gasteiger partial charge on any atom is -0.423 e. The van der Waals surface area contributed by atoms with Crippen LogP contribution in [0.1, 0.15) is 109 Å². The second-order valence-corrected chi connectivity index (χ2v) is 23.1. The lowest BCUT2D eigenvalue weighted by Crippen LogP contribution is -2.39. The fraction of sp³-hybridized carbons (Fsp3) is 0.339. The Balaban J connectivity index is 0.000000171. The molecule has 1 amide bonds. The van der Waals surface area contributed by atoms with Crippen molar-refractivity contribution in [3.05, 3.63) is 160 Å². The zero-order valence-corrected chi connectivity index (χ0v) is 49.7. The predicted molar refractivity (Wildman–Crippen MR) is 338 cm³/mol. The molecule has 0 atom stereocenters. The Bertz CT molecular complexity index is 3530. The smallest absolute Gasteiger partial charge is 0.423 e. The highest BCUT2D eigenvalue weighted by Crippen LogP contribution is 2.30. The number of hydrogen-bond acceptors (Lipinski definition) is 14. The molecule has 83 heavy (non-hydrogen) atoms. The van der Waals surface area contributed by atoms with Gasteiger partial charge < -0.3 is 51.5 Å². The third-order valence-electron chi connectivity index (χ3n) is 14.9. The fourth-order valence-corrected chi connectivity index (χ4v) is 10.6. The molecule has 2 saturated carbocycles. The SMILES string of the molecule is CC(=O)NC1CCC(Nc2nc(NCc3ccc(-c4ccc(Cl)cc4)cc3)c3ncn(C(C)C)c3n2)CC1.CC(C)n1cnc2c(NCc3ccc(-c4ccc(Cl)cc4)cc3)nc(NC3CCC(N)CC3)nc21.OB(O)c1ccc(Cl)cc1. The molecule has 0 bridgehead atoms. The van der Waals surface area contributed by atoms with Crippen LogP contribution in [0, 0.1) is 0 Å². The van der Waals surface area contributed by atoms with Crippen LogP contribution < -0.4 is 37.8 Å². The number of amides is 1. The number of imidazole rings is 2. The normalized spacial score (nSPS) is 16.8. The van der Waals surface area contributed by atoms with Crippen LogP contribution >= 0.6 is 34.8 Å². The maximum Gasteiger partial charge on any atom is 0.488 e. The van der Waals surface area contributed by atoms with Crippen molar-refractivity contribution in [3.8, 4) is 22.3 Å². The quantitative estimate of drug-likeness (QED) is 0.0421. The lowest BCUT2D eigenvalue weighted by Gasteiger charge is -2.29. The summed E-state index contributed by atoms with van der Waals surface area (Å²) in [7, 11) is -1.41. The van der Waals surface area contributed by atoms with Gasteiger partial charge in [-0.2, -0.15) is 19.9 Å². The van der Waals surface area contributed by atoms with Crippen molar-refractivity contribution in [2.24, 2.45) is 5.73 Å². The highest BCUT2D eigenvalue weighted by atomic mass is 35.5. The minimum absolute atomic E-state index is 0.0347. The second kappa shape index (κ2) is 28.3. The number of nitrogens with zero attached hydrogens (tertiary/aromatic N) is 8. The monoisotopic (exact) mass is 1180 g/mol. The molecule has 0 saturated heterocycles. The molecule has 432 valence electrons. The van der Waals surface area contributed by atoms with Gasteiger partial charge in [0.2, 0.25) is 17.8 Å². The third kappa shape index (κ3) is 16.5. The molecule has 4 aromatic heterocycles. The van der Waals surface area contributed by atoms with Crippen LogP contribution in [0.25, 0.3) is 44.6 Å². The fourth-order valence-electron chi connectivity index (χ4n) is 10.2. The van der Waals surface area contributed by atoms with Crippen LogP contribution in [0.3, 0.4) is 0 Å². The van der Waals surface area contributed by atoms with Crippen molar-refractivity contribution in [3.63, 3.8) is 0 Å². The summed E-state index contributed by atoms with van der Waals surface area (Å²) in [4.78, 5) is 40.0. The molecule has 17 nitrogen and oxygen atoms in total. The van der Waals surface area contributed by atoms with Crippen molar-refractivity contribution in [1.29, 1.82) is 0 Å². The van der Waals surface area contributed by atoms with Gasteiger partial charge in [-0.25, -0.2) is 9.97 Å². The highest BCUT2D eigenvalue weighted by molar-refractivity contribution is 6.58. The second-order valence-electron chi connectivity index (χ2n) is 21.8. The first-order valence-corrected chi connectivity index (χ1v) is 29.5. The van der Waals surface area contributed by atoms with E-state index < -0.39 is 7.12 Å². The number of hydrogen-bond donors (Lipinski definition) is 8. The number of anilines is 4. The van der Waals surface area contributed by atoms with Gasteiger partial charge in [0.05, 0.1) is 12.7 Å². The Hall–Kier alpha value is -7.32. The van der Waals surface area contributed by atoms with Gasteiger partial charge in [-0.15, -0.1) is 0 Å². The van der Waals surface area contributed by atoms with Crippen LogP contribution in [-0.4, -0.2) is 86.3 Å². The average Bonchev–Trinajstić information content (AvgIpc) is 4.34. The van der Waals surface area contributed by atoms with E-state index in [-0.39, 0.29) is 30.1 Å². The molecule has 9 N–H and O–H groups in total. The predicted octanol–water partition coefficient (Wildman–Crippen LogP) is 12.2. The van der Waals surface area contributed by atoms with Crippen LogP contribution in [0.4, 0.5) is 23.5 Å². The first-order chi connectivity index (χ1) is 40.0. The summed E-state index contributed by atoms with van der Waals surface area (Å²) in [5.74, 6) is 2.73. The molecule has 9 aromatic rings. The van der Waals surface area contributed by atoms with E-state index in [4.69, 9.17) is 70.5 Å². The topological polar surface area (TPSA) is 231 Å². The summed E-state index contributed by atoms with van der Waals surface area (Å²) in [5, 5.41) is 36.5. The van der Waals surface area contributed by atoms with Crippen LogP contribution in [0.2, 0.25) is 15.1 Å². The standard InChI is InChI=1S/C29H34ClN7O.C27H32ClN7.C6H6BClO2/c1-18(2)37-17-32-26-27(31-16-20-4-6-21(7-5-20)22-8-10-23(30)11-9-22)35-29(36-28(26)37)34-25-14-12-24(13-15-25)33-19(3)38;1-17(2)35-16-31-24-25(33-27(34-26(24)35)32-23-13-11-22(29)12-14-23)30-15-18-3-5-19(6-4-18)20-7-9-21(28)10-8-20;8-6-3-1-5(2-4-6)7(9)10/h4-11,17-18,24-25H,12-16H2,1-3H3,(H,33,38)(H2,31,34,35,36);3-10,16-17,22-23H,11-15,29H2,1-2H3,(H2,30,32,33,34);1-4,9-10H. The lowest BCUT2D eigenvalue weighted by atomic mass is 9.81. The molecular formula is C62H72BCl3N14O3. The van der Waals surface area contributed by atoms with Gasteiger partial charge in [0.1, 0.15) is 0 Å². The minimum atomic E-state index is -1.41. The van der Waals surface area contributed by atoms with Crippen molar-refractivity contribution in [2.45, 2.75) is 135 Å². The molecule has 11 rings (SSSR count). The first kappa shape index (κ1) is 60.3. The molecule has 2 fully saturated rings. The van der Waals surface area contributed by atoms with Crippen molar-refractivity contribution >= 4 is 99.2 Å². The molecule has 0 spiro atoms. The number of nitrogens with two attached hydrogens (primary N) is 1. The number of nitrogens with one attached hydrogen (secondary N) is 5. The highest BCUT2D eigenvalue weighted by Gasteiger charge is 2.25. The Labute approximate surface area is 500 Å². The average molecular weight is 1180 g/mol. The van der Waals surface area contributed by atoms with Crippen molar-refractivity contribution in [1.82, 2.24) is 44.4 Å². The van der Waals surface area contributed by atoms with E-state index in [1.807, 2.05) is 61.2 Å². The van der Waals surface area contributed by atoms with E-state index in [1.54, 1.807) is 31.2 Å². The summed E-state index contributed by atoms with van der Waals surface area (Å²) >= 11 is 17.6.